The summed E-state index contributed by atoms with van der Waals surface area (Å²) < 4.78 is 0. The molecular formula is C44H84N10O8. The van der Waals surface area contributed by atoms with Gasteiger partial charge in [-0.15, -0.1) is 0 Å². The maximum atomic E-state index is 14.1. The second-order valence-corrected chi connectivity index (χ2v) is 16.0. The second kappa shape index (κ2) is 38.7. The van der Waals surface area contributed by atoms with Gasteiger partial charge in [-0.1, -0.05) is 72.6 Å². The molecule has 12 N–H and O–H groups in total. The Labute approximate surface area is 371 Å². The van der Waals surface area contributed by atoms with E-state index >= 15 is 0 Å². The smallest absolute Gasteiger partial charge is 0.224 e. The minimum atomic E-state index is -1.34. The molecule has 0 aliphatic rings. The Balaban J connectivity index is 6.29. The fourth-order valence-electron chi connectivity index (χ4n) is 6.61. The monoisotopic (exact) mass is 881 g/mol. The molecule has 0 aliphatic carbocycles. The van der Waals surface area contributed by atoms with Crippen LogP contribution in [-0.2, 0) is 38.4 Å². The number of rotatable bonds is 41. The normalized spacial score (nSPS) is 12.9. The van der Waals surface area contributed by atoms with Crippen LogP contribution in [0.4, 0.5) is 0 Å². The number of carbonyl (C=O) groups excluding carboxylic acids is 8. The SMILES string of the molecule is CCCCCCNC(=O)CC(NC(=O)CC(CC)C(=O)NCCCCCC)C(=O)CC(CC(=O)CC(CC(=O)NCCNCCN)C(=O)NCCCC)C(=O)NCCNCCN. The van der Waals surface area contributed by atoms with Gasteiger partial charge in [-0.05, 0) is 25.7 Å². The summed E-state index contributed by atoms with van der Waals surface area (Å²) in [6.45, 7) is 12.4. The standard InChI is InChI=1S/C44H84N10O8/c1-5-9-12-14-19-49-40(58)32-37(54-41(59)30-33(8-4)42(60)52-20-15-13-10-6-2)38(56)29-34(43(61)53-26-24-48-22-17-46)27-36(55)28-35(44(62)51-18-11-7-3)31-39(57)50-25-23-47-21-16-45/h33-35,37,47-48H,5-32,45-46H2,1-4H3,(H,49,58)(H,50,57)(H,51,62)(H,52,60)(H,53,61)(H,54,59). The molecule has 0 aromatic carbocycles. The highest BCUT2D eigenvalue weighted by Crippen LogP contribution is 2.19. The van der Waals surface area contributed by atoms with Crippen LogP contribution >= 0.6 is 0 Å². The van der Waals surface area contributed by atoms with Crippen LogP contribution in [0.2, 0.25) is 0 Å². The van der Waals surface area contributed by atoms with Crippen LogP contribution in [0.15, 0.2) is 0 Å². The number of Topliss-reactive ketones (excluding diaryl/α,β-unsaturated/α-hetero) is 2. The Kier molecular flexibility index (Phi) is 36.2. The topological polar surface area (TPSA) is 285 Å². The summed E-state index contributed by atoms with van der Waals surface area (Å²) in [7, 11) is 0. The Bertz CT molecular complexity index is 1300. The van der Waals surface area contributed by atoms with Gasteiger partial charge in [0.1, 0.15) is 5.78 Å². The molecule has 0 aromatic heterocycles. The van der Waals surface area contributed by atoms with E-state index in [-0.39, 0.29) is 31.7 Å². The predicted octanol–water partition coefficient (Wildman–Crippen LogP) is 0.847. The third-order valence-corrected chi connectivity index (χ3v) is 10.4. The molecule has 0 bridgehead atoms. The van der Waals surface area contributed by atoms with Crippen molar-refractivity contribution in [1.29, 1.82) is 0 Å². The molecule has 0 aliphatic heterocycles. The zero-order valence-corrected chi connectivity index (χ0v) is 38.5. The van der Waals surface area contributed by atoms with Crippen LogP contribution in [0.3, 0.4) is 0 Å². The highest BCUT2D eigenvalue weighted by molar-refractivity contribution is 5.98. The fraction of sp³-hybridized carbons (Fsp3) is 0.818. The lowest BCUT2D eigenvalue weighted by atomic mass is 9.88. The van der Waals surface area contributed by atoms with Crippen molar-refractivity contribution < 1.29 is 38.4 Å². The van der Waals surface area contributed by atoms with Gasteiger partial charge < -0.3 is 54.0 Å². The Morgan fingerprint density at radius 2 is 0.839 bits per heavy atom. The molecule has 6 amide bonds. The summed E-state index contributed by atoms with van der Waals surface area (Å²) in [5.74, 6) is -6.86. The van der Waals surface area contributed by atoms with Gasteiger partial charge in [-0.25, -0.2) is 0 Å². The van der Waals surface area contributed by atoms with Crippen molar-refractivity contribution in [2.24, 2.45) is 29.2 Å². The largest absolute Gasteiger partial charge is 0.356 e. The summed E-state index contributed by atoms with van der Waals surface area (Å²) in [6, 6.07) is -1.34. The summed E-state index contributed by atoms with van der Waals surface area (Å²) in [5.41, 5.74) is 11.1. The zero-order chi connectivity index (χ0) is 46.4. The molecule has 0 heterocycles. The van der Waals surface area contributed by atoms with Crippen molar-refractivity contribution >= 4 is 47.0 Å². The molecule has 0 saturated carbocycles. The summed E-state index contributed by atoms with van der Waals surface area (Å²) in [6.07, 6.45) is 7.35. The minimum absolute atomic E-state index is 0.167. The van der Waals surface area contributed by atoms with Crippen molar-refractivity contribution in [3.8, 4) is 0 Å². The number of carbonyl (C=O) groups is 8. The van der Waals surface area contributed by atoms with Crippen molar-refractivity contribution in [2.45, 2.75) is 143 Å². The first-order valence-corrected chi connectivity index (χ1v) is 23.4. The molecule has 0 aromatic rings. The first-order valence-electron chi connectivity index (χ1n) is 23.4. The molecule has 0 spiro atoms. The van der Waals surface area contributed by atoms with Crippen LogP contribution in [0, 0.1) is 17.8 Å². The van der Waals surface area contributed by atoms with E-state index in [4.69, 9.17) is 11.5 Å². The molecule has 358 valence electrons. The van der Waals surface area contributed by atoms with Gasteiger partial charge in [0.25, 0.3) is 0 Å². The molecule has 0 radical (unpaired) electrons. The zero-order valence-electron chi connectivity index (χ0n) is 38.5. The molecular weight excluding hydrogens is 797 g/mol. The third-order valence-electron chi connectivity index (χ3n) is 10.4. The molecule has 18 nitrogen and oxygen atoms in total. The first-order chi connectivity index (χ1) is 29.9. The van der Waals surface area contributed by atoms with Crippen LogP contribution in [-0.4, -0.2) is 125 Å². The average molecular weight is 881 g/mol. The number of hydrogen-bond donors (Lipinski definition) is 10. The second-order valence-electron chi connectivity index (χ2n) is 16.0. The molecule has 18 heteroatoms. The van der Waals surface area contributed by atoms with Gasteiger partial charge in [0.2, 0.25) is 35.4 Å². The lowest BCUT2D eigenvalue weighted by molar-refractivity contribution is -0.136. The average Bonchev–Trinajstić information content (AvgIpc) is 3.24. The predicted molar refractivity (Wildman–Crippen MR) is 242 cm³/mol. The molecule has 4 atom stereocenters. The summed E-state index contributed by atoms with van der Waals surface area (Å²) in [5, 5.41) is 22.8. The number of nitrogens with two attached hydrogens (primary N) is 2. The molecule has 0 saturated heterocycles. The third kappa shape index (κ3) is 30.1. The van der Waals surface area contributed by atoms with E-state index in [0.29, 0.717) is 78.3 Å². The van der Waals surface area contributed by atoms with Crippen molar-refractivity contribution in [3.05, 3.63) is 0 Å². The van der Waals surface area contributed by atoms with E-state index in [9.17, 15) is 38.4 Å². The Morgan fingerprint density at radius 1 is 0.403 bits per heavy atom. The molecule has 4 unspecified atom stereocenters. The highest BCUT2D eigenvalue weighted by atomic mass is 16.2. The van der Waals surface area contributed by atoms with E-state index in [2.05, 4.69) is 56.4 Å². The van der Waals surface area contributed by atoms with Gasteiger partial charge in [0.05, 0.1) is 24.3 Å². The molecule has 0 rings (SSSR count). The number of unbranched alkanes of at least 4 members (excludes halogenated alkanes) is 7. The Hall–Kier alpha value is -4.00. The summed E-state index contributed by atoms with van der Waals surface area (Å²) >= 11 is 0. The van der Waals surface area contributed by atoms with Crippen molar-refractivity contribution in [3.63, 3.8) is 0 Å². The van der Waals surface area contributed by atoms with Gasteiger partial charge >= 0.3 is 0 Å². The quantitative estimate of drug-likeness (QED) is 0.0383. The van der Waals surface area contributed by atoms with E-state index in [1.54, 1.807) is 6.92 Å². The van der Waals surface area contributed by atoms with Gasteiger partial charge in [-0.2, -0.15) is 0 Å². The lowest BCUT2D eigenvalue weighted by Crippen LogP contribution is -2.47. The number of hydrogen-bond acceptors (Lipinski definition) is 12. The fourth-order valence-corrected chi connectivity index (χ4v) is 6.61. The lowest BCUT2D eigenvalue weighted by Gasteiger charge is -2.23. The van der Waals surface area contributed by atoms with Crippen molar-refractivity contribution in [1.82, 2.24) is 42.5 Å². The van der Waals surface area contributed by atoms with E-state index in [1.165, 1.54) is 0 Å². The van der Waals surface area contributed by atoms with Crippen LogP contribution < -0.4 is 54.0 Å². The number of nitrogens with one attached hydrogen (secondary N) is 8. The maximum absolute atomic E-state index is 14.1. The van der Waals surface area contributed by atoms with E-state index in [1.807, 2.05) is 6.92 Å². The van der Waals surface area contributed by atoms with Crippen LogP contribution in [0.1, 0.15) is 137 Å². The van der Waals surface area contributed by atoms with E-state index in [0.717, 1.165) is 57.8 Å². The maximum Gasteiger partial charge on any atom is 0.224 e. The van der Waals surface area contributed by atoms with Crippen LogP contribution in [0.5, 0.6) is 0 Å². The minimum Gasteiger partial charge on any atom is -0.356 e. The van der Waals surface area contributed by atoms with Crippen LogP contribution in [0.25, 0.3) is 0 Å². The van der Waals surface area contributed by atoms with Gasteiger partial charge in [0, 0.05) is 110 Å². The number of amides is 6. The van der Waals surface area contributed by atoms with E-state index < -0.39 is 84.2 Å². The van der Waals surface area contributed by atoms with Crippen molar-refractivity contribution in [2.75, 3.05) is 72.0 Å². The Morgan fingerprint density at radius 3 is 1.37 bits per heavy atom. The molecule has 62 heavy (non-hydrogen) atoms. The summed E-state index contributed by atoms with van der Waals surface area (Å²) in [4.78, 5) is 107. The number of ketones is 2. The molecule has 0 fully saturated rings. The first kappa shape index (κ1) is 58.0. The van der Waals surface area contributed by atoms with Gasteiger partial charge in [-0.3, -0.25) is 38.4 Å². The highest BCUT2D eigenvalue weighted by Gasteiger charge is 2.33. The van der Waals surface area contributed by atoms with Gasteiger partial charge in [0.15, 0.2) is 5.78 Å².